The third kappa shape index (κ3) is 10.7. The molecule has 96 heavy (non-hydrogen) atoms. The monoisotopic (exact) mass is 1240 g/mol. The zero-order valence-corrected chi connectivity index (χ0v) is 56.3. The first-order valence-corrected chi connectivity index (χ1v) is 33.8. The largest absolute Gasteiger partial charge is 0.310 e. The lowest BCUT2D eigenvalue weighted by Crippen LogP contribution is -2.16. The molecule has 0 saturated heterocycles. The molecule has 466 valence electrons. The average molecular weight is 1240 g/mol. The van der Waals surface area contributed by atoms with Gasteiger partial charge in [-0.3, -0.25) is 0 Å². The predicted molar refractivity (Wildman–Crippen MR) is 413 cm³/mol. The van der Waals surface area contributed by atoms with Crippen LogP contribution in [0.3, 0.4) is 0 Å². The van der Waals surface area contributed by atoms with Crippen molar-refractivity contribution in [3.63, 3.8) is 0 Å². The number of aryl methyl sites for hydroxylation is 3. The molecule has 0 amide bonds. The molecule has 0 aliphatic carbocycles. The fraction of sp³-hybridized carbons (Fsp3) is 0.130. The molecule has 16 rings (SSSR count). The molecule has 0 N–H and O–H groups in total. The maximum atomic E-state index is 2.49. The second-order valence-corrected chi connectivity index (χ2v) is 28.4. The quantitative estimate of drug-likeness (QED) is 0.101. The van der Waals surface area contributed by atoms with E-state index >= 15 is 0 Å². The summed E-state index contributed by atoms with van der Waals surface area (Å²) in [5.74, 6) is 0. The molecule has 0 aliphatic heterocycles. The smallest absolute Gasteiger partial charge is 0.0561 e. The van der Waals surface area contributed by atoms with Gasteiger partial charge in [-0.15, -0.1) is 0 Å². The molecular weight excluding hydrogens is 1160 g/mol. The summed E-state index contributed by atoms with van der Waals surface area (Å²) in [7, 11) is 0. The number of hydrogen-bond donors (Lipinski definition) is 0. The summed E-state index contributed by atoms with van der Waals surface area (Å²) >= 11 is 0. The van der Waals surface area contributed by atoms with Crippen molar-refractivity contribution in [1.82, 2.24) is 0 Å². The van der Waals surface area contributed by atoms with E-state index in [1.165, 1.54) is 104 Å². The molecule has 16 aromatic rings. The fourth-order valence-electron chi connectivity index (χ4n) is 14.8. The average Bonchev–Trinajstić information content (AvgIpc) is 0.720. The van der Waals surface area contributed by atoms with Crippen molar-refractivity contribution in [2.75, 3.05) is 19.6 Å². The Bertz CT molecular complexity index is 5310. The van der Waals surface area contributed by atoms with Crippen LogP contribution in [0.2, 0.25) is 0 Å². The standard InChI is InChI=1S/C92H78N4/c1-60-23-40-72(41-24-60)95(73-42-25-61(2)26-43-73)83-58-84(80-53-34-65-18-16-17-64-33-52-79(83)89(80)87(64)65)96(74-44-27-62(3)28-45-74)75-46-29-63(30-47-75)57-67-32-31-66-35-54-81-85(93(70-19-12-10-13-20-70)76-48-36-68(37-49-76)91(4,5)6)59-86(82-56-55-78(67)88(66)90(81)82)94(71-21-14-11-15-22-71)77-50-38-69(39-51-77)92(7,8)9/h10-56,58-59H,57H2,1-9H3. The van der Waals surface area contributed by atoms with Crippen molar-refractivity contribution in [3.05, 3.63) is 336 Å². The lowest BCUT2D eigenvalue weighted by Gasteiger charge is -2.33. The van der Waals surface area contributed by atoms with E-state index in [4.69, 9.17) is 0 Å². The van der Waals surface area contributed by atoms with Crippen molar-refractivity contribution < 1.29 is 0 Å². The summed E-state index contributed by atoms with van der Waals surface area (Å²) in [6.07, 6.45) is 0.746. The number of anilines is 12. The van der Waals surface area contributed by atoms with E-state index in [0.29, 0.717) is 0 Å². The normalized spacial score (nSPS) is 12.1. The minimum absolute atomic E-state index is 0.000870. The van der Waals surface area contributed by atoms with Gasteiger partial charge >= 0.3 is 0 Å². The van der Waals surface area contributed by atoms with E-state index in [1.807, 2.05) is 0 Å². The minimum Gasteiger partial charge on any atom is -0.310 e. The van der Waals surface area contributed by atoms with Crippen LogP contribution in [0.1, 0.15) is 80.5 Å². The Labute approximate surface area is 564 Å². The zero-order valence-electron chi connectivity index (χ0n) is 56.3. The van der Waals surface area contributed by atoms with Gasteiger partial charge in [-0.2, -0.15) is 0 Å². The summed E-state index contributed by atoms with van der Waals surface area (Å²) in [6.45, 7) is 20.2. The lowest BCUT2D eigenvalue weighted by atomic mass is 9.86. The summed E-state index contributed by atoms with van der Waals surface area (Å²) in [4.78, 5) is 9.90. The van der Waals surface area contributed by atoms with Crippen LogP contribution in [0.15, 0.2) is 297 Å². The Morgan fingerprint density at radius 2 is 0.531 bits per heavy atom. The first-order chi connectivity index (χ1) is 46.6. The number of benzene rings is 16. The van der Waals surface area contributed by atoms with Crippen LogP contribution in [0, 0.1) is 20.8 Å². The molecule has 0 fully saturated rings. The molecule has 0 atom stereocenters. The molecular formula is C92H78N4. The number of hydrogen-bond acceptors (Lipinski definition) is 4. The zero-order chi connectivity index (χ0) is 65.6. The molecule has 0 heterocycles. The van der Waals surface area contributed by atoms with Gasteiger partial charge in [-0.05, 0) is 202 Å². The van der Waals surface area contributed by atoms with E-state index < -0.39 is 0 Å². The second kappa shape index (κ2) is 23.7. The van der Waals surface area contributed by atoms with Gasteiger partial charge in [0.15, 0.2) is 0 Å². The molecule has 0 saturated carbocycles. The highest BCUT2D eigenvalue weighted by molar-refractivity contribution is 6.31. The molecule has 0 aromatic heterocycles. The Morgan fingerprint density at radius 3 is 0.896 bits per heavy atom. The number of para-hydroxylation sites is 2. The summed E-state index contributed by atoms with van der Waals surface area (Å²) in [5.41, 5.74) is 22.0. The molecule has 0 aliphatic rings. The highest BCUT2D eigenvalue weighted by Gasteiger charge is 2.29. The topological polar surface area (TPSA) is 13.0 Å². The molecule has 0 unspecified atom stereocenters. The van der Waals surface area contributed by atoms with Gasteiger partial charge in [0.2, 0.25) is 0 Å². The molecule has 4 heteroatoms. The van der Waals surface area contributed by atoms with Crippen molar-refractivity contribution >= 4 is 133 Å². The second-order valence-electron chi connectivity index (χ2n) is 28.4. The highest BCUT2D eigenvalue weighted by atomic mass is 15.2. The van der Waals surface area contributed by atoms with Crippen LogP contribution in [0.4, 0.5) is 68.2 Å². The lowest BCUT2D eigenvalue weighted by molar-refractivity contribution is 0.590. The first kappa shape index (κ1) is 59.8. The van der Waals surface area contributed by atoms with Crippen LogP contribution in [-0.4, -0.2) is 0 Å². The van der Waals surface area contributed by atoms with Gasteiger partial charge in [-0.25, -0.2) is 0 Å². The van der Waals surface area contributed by atoms with E-state index in [9.17, 15) is 0 Å². The molecule has 16 aromatic carbocycles. The predicted octanol–water partition coefficient (Wildman–Crippen LogP) is 26.5. The minimum atomic E-state index is 0.000870. The van der Waals surface area contributed by atoms with Gasteiger partial charge < -0.3 is 19.6 Å². The summed E-state index contributed by atoms with van der Waals surface area (Å²) in [5, 5.41) is 14.8. The van der Waals surface area contributed by atoms with Gasteiger partial charge in [0.05, 0.1) is 22.7 Å². The summed E-state index contributed by atoms with van der Waals surface area (Å²) in [6, 6.07) is 112. The van der Waals surface area contributed by atoms with E-state index in [0.717, 1.165) is 74.7 Å². The van der Waals surface area contributed by atoms with Crippen LogP contribution in [0.25, 0.3) is 64.6 Å². The molecule has 0 spiro atoms. The van der Waals surface area contributed by atoms with Crippen LogP contribution in [0.5, 0.6) is 0 Å². The third-order valence-corrected chi connectivity index (χ3v) is 19.9. The Morgan fingerprint density at radius 1 is 0.240 bits per heavy atom. The van der Waals surface area contributed by atoms with E-state index in [-0.39, 0.29) is 10.8 Å². The van der Waals surface area contributed by atoms with E-state index in [1.54, 1.807) is 0 Å². The van der Waals surface area contributed by atoms with Crippen molar-refractivity contribution in [2.45, 2.75) is 79.6 Å². The maximum Gasteiger partial charge on any atom is 0.0561 e. The molecule has 0 radical (unpaired) electrons. The highest BCUT2D eigenvalue weighted by Crippen LogP contribution is 2.53. The Hall–Kier alpha value is -11.2. The van der Waals surface area contributed by atoms with Crippen molar-refractivity contribution in [2.24, 2.45) is 0 Å². The Balaban J connectivity index is 0.874. The SMILES string of the molecule is Cc1ccc(N(c2ccc(C)cc2)c2cc(N(c3ccc(C)cc3)c3ccc(Cc4ccc5ccc6c(N(c7ccccc7)c7ccc(C(C)(C)C)cc7)cc(N(c7ccccc7)c7ccc(C(C)(C)C)cc7)c7ccc4c5c67)cc3)c3ccc4cccc5ccc2c3c54)cc1. The van der Waals surface area contributed by atoms with Crippen LogP contribution in [-0.2, 0) is 17.3 Å². The maximum absolute atomic E-state index is 2.49. The van der Waals surface area contributed by atoms with E-state index in [2.05, 4.69) is 379 Å². The van der Waals surface area contributed by atoms with Crippen LogP contribution >= 0.6 is 0 Å². The van der Waals surface area contributed by atoms with Crippen molar-refractivity contribution in [3.8, 4) is 0 Å². The molecule has 0 bridgehead atoms. The molecule has 4 nitrogen and oxygen atoms in total. The van der Waals surface area contributed by atoms with Gasteiger partial charge in [0, 0.05) is 77.8 Å². The number of nitrogens with zero attached hydrogens (tertiary/aromatic N) is 4. The van der Waals surface area contributed by atoms with Crippen LogP contribution < -0.4 is 19.6 Å². The first-order valence-electron chi connectivity index (χ1n) is 33.8. The van der Waals surface area contributed by atoms with Gasteiger partial charge in [-0.1, -0.05) is 246 Å². The number of rotatable bonds is 14. The summed E-state index contributed by atoms with van der Waals surface area (Å²) < 4.78 is 0. The van der Waals surface area contributed by atoms with Crippen molar-refractivity contribution in [1.29, 1.82) is 0 Å². The fourth-order valence-corrected chi connectivity index (χ4v) is 14.8. The Kier molecular flexibility index (Phi) is 14.7. The van der Waals surface area contributed by atoms with Gasteiger partial charge in [0.25, 0.3) is 0 Å². The third-order valence-electron chi connectivity index (χ3n) is 19.9. The van der Waals surface area contributed by atoms with Gasteiger partial charge in [0.1, 0.15) is 0 Å².